The maximum atomic E-state index is 13.8. The second-order valence-electron chi connectivity index (χ2n) is 5.72. The molecule has 0 spiro atoms. The SMILES string of the molecule is O=S(=O)(Cc1c(F)cccc1Cl)N[C@@H]1CCCc2ccccc21. The van der Waals surface area contributed by atoms with Crippen molar-refractivity contribution < 1.29 is 12.8 Å². The average Bonchev–Trinajstić information content (AvgIpc) is 2.51. The van der Waals surface area contributed by atoms with Gasteiger partial charge in [-0.1, -0.05) is 41.9 Å². The molecule has 6 heteroatoms. The molecule has 0 heterocycles. The minimum atomic E-state index is -3.70. The van der Waals surface area contributed by atoms with Crippen LogP contribution >= 0.6 is 11.6 Å². The van der Waals surface area contributed by atoms with E-state index in [0.717, 1.165) is 30.4 Å². The lowest BCUT2D eigenvalue weighted by Gasteiger charge is -2.26. The van der Waals surface area contributed by atoms with Gasteiger partial charge in [0.05, 0.1) is 5.75 Å². The summed E-state index contributed by atoms with van der Waals surface area (Å²) >= 11 is 5.93. The number of fused-ring (bicyclic) bond motifs is 1. The van der Waals surface area contributed by atoms with Crippen molar-refractivity contribution in [2.45, 2.75) is 31.1 Å². The Morgan fingerprint density at radius 3 is 2.74 bits per heavy atom. The van der Waals surface area contributed by atoms with Crippen molar-refractivity contribution in [3.63, 3.8) is 0 Å². The molecule has 0 fully saturated rings. The van der Waals surface area contributed by atoms with Gasteiger partial charge in [-0.2, -0.15) is 0 Å². The van der Waals surface area contributed by atoms with Crippen molar-refractivity contribution in [3.05, 3.63) is 70.0 Å². The van der Waals surface area contributed by atoms with Crippen LogP contribution in [0.15, 0.2) is 42.5 Å². The molecule has 0 radical (unpaired) electrons. The third kappa shape index (κ3) is 3.74. The van der Waals surface area contributed by atoms with Crippen LogP contribution in [0.5, 0.6) is 0 Å². The molecule has 3 nitrogen and oxygen atoms in total. The van der Waals surface area contributed by atoms with Crippen LogP contribution in [0, 0.1) is 5.82 Å². The second kappa shape index (κ2) is 6.59. The molecular weight excluding hydrogens is 337 g/mol. The lowest BCUT2D eigenvalue weighted by molar-refractivity contribution is 0.506. The molecule has 0 amide bonds. The van der Waals surface area contributed by atoms with Crippen molar-refractivity contribution in [3.8, 4) is 0 Å². The van der Waals surface area contributed by atoms with Gasteiger partial charge in [0.25, 0.3) is 0 Å². The Hall–Kier alpha value is -1.43. The zero-order valence-corrected chi connectivity index (χ0v) is 14.0. The van der Waals surface area contributed by atoms with E-state index in [0.29, 0.717) is 0 Å². The van der Waals surface area contributed by atoms with Crippen LogP contribution < -0.4 is 4.72 Å². The number of sulfonamides is 1. The van der Waals surface area contributed by atoms with Gasteiger partial charge in [0.1, 0.15) is 5.82 Å². The lowest BCUT2D eigenvalue weighted by Crippen LogP contribution is -2.32. The van der Waals surface area contributed by atoms with Crippen molar-refractivity contribution >= 4 is 21.6 Å². The Morgan fingerprint density at radius 1 is 1.17 bits per heavy atom. The van der Waals surface area contributed by atoms with Crippen LogP contribution in [0.3, 0.4) is 0 Å². The minimum Gasteiger partial charge on any atom is -0.212 e. The molecule has 23 heavy (non-hydrogen) atoms. The number of nitrogens with one attached hydrogen (secondary N) is 1. The van der Waals surface area contributed by atoms with Crippen molar-refractivity contribution in [1.82, 2.24) is 4.72 Å². The topological polar surface area (TPSA) is 46.2 Å². The van der Waals surface area contributed by atoms with Crippen LogP contribution in [0.25, 0.3) is 0 Å². The molecule has 0 bridgehead atoms. The van der Waals surface area contributed by atoms with Crippen molar-refractivity contribution in [2.24, 2.45) is 0 Å². The fourth-order valence-electron chi connectivity index (χ4n) is 3.00. The van der Waals surface area contributed by atoms with Crippen LogP contribution in [-0.2, 0) is 22.2 Å². The Balaban J connectivity index is 1.83. The fourth-order valence-corrected chi connectivity index (χ4v) is 4.74. The molecule has 3 rings (SSSR count). The van der Waals surface area contributed by atoms with Gasteiger partial charge in [-0.05, 0) is 42.5 Å². The molecule has 0 saturated carbocycles. The molecule has 2 aromatic carbocycles. The predicted molar refractivity (Wildman–Crippen MR) is 89.3 cm³/mol. The normalized spacial score (nSPS) is 17.7. The Morgan fingerprint density at radius 2 is 1.96 bits per heavy atom. The summed E-state index contributed by atoms with van der Waals surface area (Å²) in [6.45, 7) is 0. The van der Waals surface area contributed by atoms with Gasteiger partial charge in [-0.3, -0.25) is 0 Å². The first-order chi connectivity index (χ1) is 11.0. The largest absolute Gasteiger partial charge is 0.216 e. The Bertz CT molecular complexity index is 803. The first-order valence-corrected chi connectivity index (χ1v) is 9.50. The van der Waals surface area contributed by atoms with Crippen LogP contribution in [0.2, 0.25) is 5.02 Å². The van der Waals surface area contributed by atoms with E-state index in [1.54, 1.807) is 0 Å². The first-order valence-electron chi connectivity index (χ1n) is 7.47. The van der Waals surface area contributed by atoms with Gasteiger partial charge in [0, 0.05) is 16.6 Å². The van der Waals surface area contributed by atoms with Gasteiger partial charge in [0.15, 0.2) is 0 Å². The van der Waals surface area contributed by atoms with Crippen LogP contribution in [0.1, 0.15) is 35.6 Å². The number of hydrogen-bond donors (Lipinski definition) is 1. The zero-order chi connectivity index (χ0) is 16.4. The molecule has 122 valence electrons. The molecule has 2 aromatic rings. The fraction of sp³-hybridized carbons (Fsp3) is 0.294. The van der Waals surface area contributed by atoms with E-state index in [2.05, 4.69) is 4.72 Å². The van der Waals surface area contributed by atoms with E-state index >= 15 is 0 Å². The smallest absolute Gasteiger partial charge is 0.212 e. The van der Waals surface area contributed by atoms with E-state index in [1.807, 2.05) is 24.3 Å². The number of aryl methyl sites for hydroxylation is 1. The standard InChI is InChI=1S/C17H17ClFNO2S/c18-15-8-4-9-16(19)14(15)11-23(21,22)20-17-10-3-6-12-5-1-2-7-13(12)17/h1-2,4-5,7-9,17,20H,3,6,10-11H2/t17-/m1/s1. The molecule has 0 saturated heterocycles. The molecule has 0 unspecified atom stereocenters. The molecular formula is C17H17ClFNO2S. The summed E-state index contributed by atoms with van der Waals surface area (Å²) < 4.78 is 41.4. The van der Waals surface area contributed by atoms with E-state index in [1.165, 1.54) is 18.2 Å². The van der Waals surface area contributed by atoms with Crippen LogP contribution in [0.4, 0.5) is 4.39 Å². The number of halogens is 2. The molecule has 1 atom stereocenters. The quantitative estimate of drug-likeness (QED) is 0.903. The van der Waals surface area contributed by atoms with Gasteiger partial charge in [0.2, 0.25) is 10.0 Å². The lowest BCUT2D eigenvalue weighted by atomic mass is 9.88. The number of hydrogen-bond acceptors (Lipinski definition) is 2. The summed E-state index contributed by atoms with van der Waals surface area (Å²) in [5, 5.41) is 0.124. The predicted octanol–water partition coefficient (Wildman–Crippen LogP) is 3.98. The summed E-state index contributed by atoms with van der Waals surface area (Å²) in [4.78, 5) is 0. The van der Waals surface area contributed by atoms with Crippen molar-refractivity contribution in [1.29, 1.82) is 0 Å². The molecule has 1 aliphatic carbocycles. The third-order valence-corrected chi connectivity index (χ3v) is 5.75. The monoisotopic (exact) mass is 353 g/mol. The van der Waals surface area contributed by atoms with Gasteiger partial charge >= 0.3 is 0 Å². The summed E-state index contributed by atoms with van der Waals surface area (Å²) in [5.74, 6) is -1.07. The molecule has 0 aliphatic heterocycles. The number of rotatable bonds is 4. The van der Waals surface area contributed by atoms with Gasteiger partial charge in [-0.15, -0.1) is 0 Å². The third-order valence-electron chi connectivity index (χ3n) is 4.09. The maximum Gasteiger partial charge on any atom is 0.216 e. The highest BCUT2D eigenvalue weighted by Gasteiger charge is 2.25. The molecule has 1 N–H and O–H groups in total. The van der Waals surface area contributed by atoms with Gasteiger partial charge < -0.3 is 0 Å². The zero-order valence-electron chi connectivity index (χ0n) is 12.4. The molecule has 0 aromatic heterocycles. The van der Waals surface area contributed by atoms with E-state index in [9.17, 15) is 12.8 Å². The summed E-state index contributed by atoms with van der Waals surface area (Å²) in [7, 11) is -3.70. The summed E-state index contributed by atoms with van der Waals surface area (Å²) in [6, 6.07) is 11.7. The highest BCUT2D eigenvalue weighted by Crippen LogP contribution is 2.30. The average molecular weight is 354 g/mol. The Labute approximate surface area is 140 Å². The van der Waals surface area contributed by atoms with Crippen LogP contribution in [-0.4, -0.2) is 8.42 Å². The van der Waals surface area contributed by atoms with Crippen molar-refractivity contribution in [2.75, 3.05) is 0 Å². The number of benzene rings is 2. The molecule has 1 aliphatic rings. The summed E-state index contributed by atoms with van der Waals surface area (Å²) in [6.07, 6.45) is 2.61. The van der Waals surface area contributed by atoms with Gasteiger partial charge in [-0.25, -0.2) is 17.5 Å². The first kappa shape index (κ1) is 16.4. The second-order valence-corrected chi connectivity index (χ2v) is 7.88. The van der Waals surface area contributed by atoms with E-state index < -0.39 is 21.6 Å². The van der Waals surface area contributed by atoms with E-state index in [4.69, 9.17) is 11.6 Å². The Kier molecular flexibility index (Phi) is 4.71. The minimum absolute atomic E-state index is 0.00533. The highest BCUT2D eigenvalue weighted by atomic mass is 35.5. The van der Waals surface area contributed by atoms with E-state index in [-0.39, 0.29) is 16.6 Å². The summed E-state index contributed by atoms with van der Waals surface area (Å²) in [5.41, 5.74) is 2.17. The maximum absolute atomic E-state index is 13.8. The highest BCUT2D eigenvalue weighted by molar-refractivity contribution is 7.88.